The number of nitrogens with two attached hydrogens (primary N) is 1. The maximum absolute atomic E-state index is 10.6. The summed E-state index contributed by atoms with van der Waals surface area (Å²) in [7, 11) is 0. The number of carbonyl (C=O) groups excluding carboxylic acids is 1. The Morgan fingerprint density at radius 2 is 2.38 bits per heavy atom. The molecule has 2 N–H and O–H groups in total. The van der Waals surface area contributed by atoms with Gasteiger partial charge in [0.15, 0.2) is 6.10 Å². The second kappa shape index (κ2) is 4.09. The molecule has 13 heavy (non-hydrogen) atoms. The first-order valence-electron chi connectivity index (χ1n) is 3.66. The van der Waals surface area contributed by atoms with Gasteiger partial charge in [-0.2, -0.15) is 0 Å². The van der Waals surface area contributed by atoms with E-state index in [9.17, 15) is 4.79 Å². The molecule has 1 heterocycles. The number of hydrogen-bond acceptors (Lipinski definition) is 3. The van der Waals surface area contributed by atoms with E-state index in [1.54, 1.807) is 13.0 Å². The number of primary amides is 1. The zero-order chi connectivity index (χ0) is 9.84. The van der Waals surface area contributed by atoms with Crippen molar-refractivity contribution in [2.45, 2.75) is 13.0 Å². The van der Waals surface area contributed by atoms with E-state index in [0.717, 1.165) is 0 Å². The van der Waals surface area contributed by atoms with Crippen molar-refractivity contribution in [3.8, 4) is 5.75 Å². The highest BCUT2D eigenvalue weighted by Gasteiger charge is 2.09. The van der Waals surface area contributed by atoms with E-state index in [4.69, 9.17) is 22.1 Å². The molecule has 4 nitrogen and oxygen atoms in total. The third-order valence-electron chi connectivity index (χ3n) is 1.39. The summed E-state index contributed by atoms with van der Waals surface area (Å²) in [5, 5.41) is 0.453. The Balaban J connectivity index is 2.69. The normalized spacial score (nSPS) is 12.2. The average Bonchev–Trinajstić information content (AvgIpc) is 2.04. The van der Waals surface area contributed by atoms with E-state index in [1.807, 2.05) is 0 Å². The summed E-state index contributed by atoms with van der Waals surface area (Å²) in [5.41, 5.74) is 5.00. The van der Waals surface area contributed by atoms with Crippen LogP contribution >= 0.6 is 11.6 Å². The van der Waals surface area contributed by atoms with Crippen LogP contribution in [0.4, 0.5) is 0 Å². The number of aromatic nitrogens is 1. The van der Waals surface area contributed by atoms with E-state index < -0.39 is 12.0 Å². The lowest BCUT2D eigenvalue weighted by Crippen LogP contribution is -2.30. The lowest BCUT2D eigenvalue weighted by molar-refractivity contribution is -0.123. The van der Waals surface area contributed by atoms with Gasteiger partial charge in [-0.1, -0.05) is 11.6 Å². The van der Waals surface area contributed by atoms with Crippen LogP contribution in [-0.2, 0) is 4.79 Å². The van der Waals surface area contributed by atoms with Crippen molar-refractivity contribution in [1.29, 1.82) is 0 Å². The average molecular weight is 201 g/mol. The second-order valence-electron chi connectivity index (χ2n) is 2.50. The van der Waals surface area contributed by atoms with Crippen molar-refractivity contribution in [1.82, 2.24) is 4.98 Å². The molecule has 0 fully saturated rings. The third kappa shape index (κ3) is 2.91. The Morgan fingerprint density at radius 3 is 2.92 bits per heavy atom. The molecule has 1 rings (SSSR count). The third-order valence-corrected chi connectivity index (χ3v) is 1.60. The van der Waals surface area contributed by atoms with Gasteiger partial charge in [-0.05, 0) is 6.92 Å². The molecule has 0 aromatic carbocycles. The SMILES string of the molecule is CC(Oc1cncc(Cl)c1)C(N)=O. The van der Waals surface area contributed by atoms with Gasteiger partial charge in [-0.25, -0.2) is 0 Å². The molecule has 1 aromatic rings. The quantitative estimate of drug-likeness (QED) is 0.791. The summed E-state index contributed by atoms with van der Waals surface area (Å²) in [5.74, 6) is -0.0984. The molecule has 70 valence electrons. The van der Waals surface area contributed by atoms with Crippen LogP contribution in [0, 0.1) is 0 Å². The number of halogens is 1. The molecular formula is C8H9ClN2O2. The van der Waals surface area contributed by atoms with Crippen molar-refractivity contribution < 1.29 is 9.53 Å². The summed E-state index contributed by atoms with van der Waals surface area (Å²) in [6.07, 6.45) is 2.26. The topological polar surface area (TPSA) is 65.2 Å². The van der Waals surface area contributed by atoms with Gasteiger partial charge < -0.3 is 10.5 Å². The van der Waals surface area contributed by atoms with Crippen molar-refractivity contribution >= 4 is 17.5 Å². The van der Waals surface area contributed by atoms with E-state index in [0.29, 0.717) is 10.8 Å². The summed E-state index contributed by atoms with van der Waals surface area (Å²) in [6, 6.07) is 1.56. The van der Waals surface area contributed by atoms with Crippen molar-refractivity contribution in [3.05, 3.63) is 23.5 Å². The van der Waals surface area contributed by atoms with E-state index in [-0.39, 0.29) is 0 Å². The number of hydrogen-bond donors (Lipinski definition) is 1. The Bertz CT molecular complexity index is 317. The molecule has 0 aliphatic rings. The van der Waals surface area contributed by atoms with Gasteiger partial charge in [-0.3, -0.25) is 9.78 Å². The lowest BCUT2D eigenvalue weighted by atomic mass is 10.4. The maximum Gasteiger partial charge on any atom is 0.258 e. The Morgan fingerprint density at radius 1 is 1.69 bits per heavy atom. The number of carbonyl (C=O) groups is 1. The van der Waals surface area contributed by atoms with Gasteiger partial charge in [0.05, 0.1) is 11.2 Å². The molecule has 0 bridgehead atoms. The molecular weight excluding hydrogens is 192 g/mol. The first kappa shape index (κ1) is 9.80. The first-order chi connectivity index (χ1) is 6.09. The minimum Gasteiger partial charge on any atom is -0.479 e. The van der Waals surface area contributed by atoms with Crippen LogP contribution in [0.1, 0.15) is 6.92 Å². The van der Waals surface area contributed by atoms with Gasteiger partial charge in [0.1, 0.15) is 5.75 Å². The van der Waals surface area contributed by atoms with Crippen LogP contribution in [-0.4, -0.2) is 17.0 Å². The van der Waals surface area contributed by atoms with Gasteiger partial charge >= 0.3 is 0 Å². The minimum atomic E-state index is -0.680. The number of nitrogens with zero attached hydrogens (tertiary/aromatic N) is 1. The molecule has 0 aliphatic heterocycles. The smallest absolute Gasteiger partial charge is 0.258 e. The van der Waals surface area contributed by atoms with E-state index >= 15 is 0 Å². The first-order valence-corrected chi connectivity index (χ1v) is 4.04. The van der Waals surface area contributed by atoms with Crippen LogP contribution in [0.15, 0.2) is 18.5 Å². The summed E-state index contributed by atoms with van der Waals surface area (Å²) in [6.45, 7) is 1.56. The second-order valence-corrected chi connectivity index (χ2v) is 2.94. The molecule has 1 atom stereocenters. The molecule has 1 unspecified atom stereocenters. The fourth-order valence-electron chi connectivity index (χ4n) is 0.719. The summed E-state index contributed by atoms with van der Waals surface area (Å²) in [4.78, 5) is 14.4. The molecule has 0 saturated carbocycles. The largest absolute Gasteiger partial charge is 0.479 e. The Kier molecular flexibility index (Phi) is 3.08. The molecule has 5 heteroatoms. The Hall–Kier alpha value is -1.29. The summed E-state index contributed by atoms with van der Waals surface area (Å²) >= 11 is 5.65. The molecule has 0 saturated heterocycles. The minimum absolute atomic E-state index is 0.429. The van der Waals surface area contributed by atoms with Gasteiger partial charge in [-0.15, -0.1) is 0 Å². The fraction of sp³-hybridized carbons (Fsp3) is 0.250. The number of ether oxygens (including phenoxy) is 1. The monoisotopic (exact) mass is 200 g/mol. The molecule has 0 radical (unpaired) electrons. The molecule has 1 amide bonds. The number of rotatable bonds is 3. The number of pyridine rings is 1. The van der Waals surface area contributed by atoms with E-state index in [2.05, 4.69) is 4.98 Å². The predicted molar refractivity (Wildman–Crippen MR) is 48.5 cm³/mol. The van der Waals surface area contributed by atoms with Crippen LogP contribution in [0.2, 0.25) is 5.02 Å². The number of amides is 1. The van der Waals surface area contributed by atoms with Crippen molar-refractivity contribution in [3.63, 3.8) is 0 Å². The highest BCUT2D eigenvalue weighted by molar-refractivity contribution is 6.30. The highest BCUT2D eigenvalue weighted by Crippen LogP contribution is 2.16. The zero-order valence-corrected chi connectivity index (χ0v) is 7.78. The highest BCUT2D eigenvalue weighted by atomic mass is 35.5. The van der Waals surface area contributed by atoms with Crippen LogP contribution in [0.25, 0.3) is 0 Å². The van der Waals surface area contributed by atoms with Crippen molar-refractivity contribution in [2.24, 2.45) is 5.73 Å². The maximum atomic E-state index is 10.6. The van der Waals surface area contributed by atoms with Gasteiger partial charge in [0.2, 0.25) is 0 Å². The molecule has 1 aromatic heterocycles. The van der Waals surface area contributed by atoms with Crippen LogP contribution in [0.3, 0.4) is 0 Å². The van der Waals surface area contributed by atoms with E-state index in [1.165, 1.54) is 12.4 Å². The molecule has 0 aliphatic carbocycles. The predicted octanol–water partition coefficient (Wildman–Crippen LogP) is 0.988. The van der Waals surface area contributed by atoms with Crippen molar-refractivity contribution in [2.75, 3.05) is 0 Å². The fourth-order valence-corrected chi connectivity index (χ4v) is 0.883. The van der Waals surface area contributed by atoms with Gasteiger partial charge in [0.25, 0.3) is 5.91 Å². The zero-order valence-electron chi connectivity index (χ0n) is 7.03. The van der Waals surface area contributed by atoms with Gasteiger partial charge in [0, 0.05) is 12.3 Å². The van der Waals surface area contributed by atoms with Crippen LogP contribution < -0.4 is 10.5 Å². The summed E-state index contributed by atoms with van der Waals surface area (Å²) < 4.78 is 5.14. The molecule has 0 spiro atoms. The Labute approximate surface area is 80.7 Å². The van der Waals surface area contributed by atoms with Crippen LogP contribution in [0.5, 0.6) is 5.75 Å². The standard InChI is InChI=1S/C8H9ClN2O2/c1-5(8(10)12)13-7-2-6(9)3-11-4-7/h2-5H,1H3,(H2,10,12). The lowest BCUT2D eigenvalue weighted by Gasteiger charge is -2.10.